The summed E-state index contributed by atoms with van der Waals surface area (Å²) in [4.78, 5) is 15.3. The van der Waals surface area contributed by atoms with Crippen LogP contribution in [-0.2, 0) is 4.74 Å². The third kappa shape index (κ3) is 3.41. The molecule has 0 aromatic carbocycles. The molecule has 92 valence electrons. The summed E-state index contributed by atoms with van der Waals surface area (Å²) in [6.07, 6.45) is 7.92. The van der Waals surface area contributed by atoms with Crippen molar-refractivity contribution in [1.29, 1.82) is 0 Å². The molecule has 1 aromatic heterocycles. The zero-order valence-corrected chi connectivity index (χ0v) is 17.3. The van der Waals surface area contributed by atoms with Gasteiger partial charge < -0.3 is 20.4 Å². The molecule has 0 aliphatic rings. The zero-order chi connectivity index (χ0) is 13.5. The van der Waals surface area contributed by atoms with Crippen molar-refractivity contribution >= 4 is 11.5 Å². The van der Waals surface area contributed by atoms with E-state index in [2.05, 4.69) is 40.6 Å². The van der Waals surface area contributed by atoms with E-state index in [0.717, 1.165) is 0 Å². The third-order valence-electron chi connectivity index (χ3n) is 2.17. The van der Waals surface area contributed by atoms with Crippen molar-refractivity contribution in [3.8, 4) is 24.2 Å². The third-order valence-corrected chi connectivity index (χ3v) is 2.17. The fourth-order valence-corrected chi connectivity index (χ4v) is 1.23. The van der Waals surface area contributed by atoms with E-state index in [4.69, 9.17) is 6.42 Å². The van der Waals surface area contributed by atoms with Crippen molar-refractivity contribution in [3.05, 3.63) is 42.1 Å². The van der Waals surface area contributed by atoms with Crippen LogP contribution in [0.15, 0.2) is 17.7 Å². The van der Waals surface area contributed by atoms with Gasteiger partial charge in [0.1, 0.15) is 0 Å². The molecule has 3 nitrogen and oxygen atoms in total. The summed E-state index contributed by atoms with van der Waals surface area (Å²) in [5.41, 5.74) is 2.05. The molecular weight excluding hydrogens is 493 g/mol. The molecule has 1 aromatic rings. The number of ether oxygens (including phenoxy) is 1. The summed E-state index contributed by atoms with van der Waals surface area (Å²) < 4.78 is 4.56. The standard InChI is InChI=1S/C15H11NO2.Rf/c1-5-7-13(11(3)6-2)14-9-8-12(10-16-14)15(17)18-4;/h2,8-9H,1H2,3-4H3;/q-2;/b13-11-;. The van der Waals surface area contributed by atoms with Crippen LogP contribution >= 0.6 is 0 Å². The second-order valence-electron chi connectivity index (χ2n) is 3.29. The summed E-state index contributed by atoms with van der Waals surface area (Å²) >= 11 is 0. The number of esters is 1. The minimum Gasteiger partial charge on any atom is -0.509 e. The summed E-state index contributed by atoms with van der Waals surface area (Å²) in [6.45, 7) is 5.21. The molecule has 0 spiro atoms. The number of carbonyl (C=O) groups is 1. The van der Waals surface area contributed by atoms with Crippen LogP contribution in [0, 0.1) is 37.3 Å². The monoisotopic (exact) mass is 504 g/mol. The van der Waals surface area contributed by atoms with E-state index in [1.54, 1.807) is 19.1 Å². The summed E-state index contributed by atoms with van der Waals surface area (Å²) in [5.74, 6) is 7.33. The first kappa shape index (κ1) is 15.3. The van der Waals surface area contributed by atoms with Crippen molar-refractivity contribution in [3.63, 3.8) is 0 Å². The second kappa shape index (κ2) is 6.83. The number of terminal acetylenes is 1. The maximum absolute atomic E-state index is 11.2. The molecule has 0 radical (unpaired) electrons. The molecule has 0 bridgehead atoms. The number of allylic oxidation sites excluding steroid dienone is 2. The average molecular weight is 504 g/mol. The summed E-state index contributed by atoms with van der Waals surface area (Å²) in [7, 11) is 1.30. The first-order valence-electron chi connectivity index (χ1n) is 5.07. The number of nitrogens with zero attached hydrogens (tertiary/aromatic N) is 1. The molecule has 1 rings (SSSR count). The minimum absolute atomic E-state index is 0. The molecule has 0 aliphatic carbocycles. The van der Waals surface area contributed by atoms with E-state index >= 15 is 0 Å². The molecule has 0 fully saturated rings. The van der Waals surface area contributed by atoms with Gasteiger partial charge >= 0.3 is 0 Å². The Hall–Kier alpha value is -3.65. The Bertz CT molecular complexity index is 583. The smallest absolute Gasteiger partial charge is 0.251 e. The Kier molecular flexibility index (Phi) is 5.52. The number of aromatic nitrogens is 1. The van der Waals surface area contributed by atoms with E-state index in [1.165, 1.54) is 7.11 Å². The van der Waals surface area contributed by atoms with E-state index in [0.29, 0.717) is 16.8 Å². The van der Waals surface area contributed by atoms with Crippen LogP contribution in [0.25, 0.3) is 5.57 Å². The summed E-state index contributed by atoms with van der Waals surface area (Å²) in [5, 5.41) is 0. The van der Waals surface area contributed by atoms with Gasteiger partial charge in [0.05, 0.1) is 7.11 Å². The van der Waals surface area contributed by atoms with Gasteiger partial charge in [-0.15, -0.1) is 18.6 Å². The van der Waals surface area contributed by atoms with Crippen molar-refractivity contribution in [2.24, 2.45) is 0 Å². The van der Waals surface area contributed by atoms with E-state index in [9.17, 15) is 4.79 Å². The van der Waals surface area contributed by atoms with Gasteiger partial charge in [0.2, 0.25) is 0 Å². The Morgan fingerprint density at radius 2 is 2.21 bits per heavy atom. The van der Waals surface area contributed by atoms with Gasteiger partial charge in [-0.2, -0.15) is 6.92 Å². The van der Waals surface area contributed by atoms with Gasteiger partial charge in [-0.05, 0) is 30.0 Å². The molecule has 1 heterocycles. The van der Waals surface area contributed by atoms with Crippen molar-refractivity contribution in [2.75, 3.05) is 7.11 Å². The first-order chi connectivity index (χ1) is 8.63. The maximum Gasteiger partial charge on any atom is 0.251 e. The Morgan fingerprint density at radius 1 is 1.53 bits per heavy atom. The average Bonchev–Trinajstić information content (AvgIpc) is 2.43. The van der Waals surface area contributed by atoms with Gasteiger partial charge in [-0.1, -0.05) is 11.5 Å². The molecule has 4 heteroatoms. The molecule has 0 N–H and O–H groups in total. The van der Waals surface area contributed by atoms with Crippen LogP contribution in [0.3, 0.4) is 0 Å². The molecule has 0 saturated heterocycles. The molecule has 0 atom stereocenters. The second-order valence-corrected chi connectivity index (χ2v) is 3.29. The van der Waals surface area contributed by atoms with E-state index < -0.39 is 5.97 Å². The fraction of sp³-hybridized carbons (Fsp3) is 0.133. The molecule has 0 saturated carbocycles. The SMILES string of the molecule is C#C/C(C)=C(/C#C[CH2-])c1ccc(C(=O)OC)[c-]n1.[Rf]. The first-order valence-corrected chi connectivity index (χ1v) is 5.07. The number of pyridine rings is 1. The van der Waals surface area contributed by atoms with Crippen LogP contribution in [0.5, 0.6) is 0 Å². The number of methoxy groups -OCH3 is 1. The quantitative estimate of drug-likeness (QED) is 0.351. The fourth-order valence-electron chi connectivity index (χ4n) is 1.23. The van der Waals surface area contributed by atoms with Gasteiger partial charge in [-0.25, -0.2) is 0 Å². The predicted octanol–water partition coefficient (Wildman–Crippen LogP) is 1.91. The van der Waals surface area contributed by atoms with Crippen molar-refractivity contribution in [2.45, 2.75) is 6.92 Å². The predicted molar refractivity (Wildman–Crippen MR) is 69.0 cm³/mol. The molecule has 0 aliphatic heterocycles. The van der Waals surface area contributed by atoms with Gasteiger partial charge in [0, 0.05) is 0 Å². The Morgan fingerprint density at radius 3 is 2.63 bits per heavy atom. The van der Waals surface area contributed by atoms with Crippen LogP contribution < -0.4 is 0 Å². The van der Waals surface area contributed by atoms with Crippen LogP contribution in [0.1, 0.15) is 23.0 Å². The molecule has 19 heavy (non-hydrogen) atoms. The van der Waals surface area contributed by atoms with Gasteiger partial charge in [-0.3, -0.25) is 5.92 Å². The van der Waals surface area contributed by atoms with Crippen LogP contribution in [0.2, 0.25) is 0 Å². The minimum atomic E-state index is -0.489. The van der Waals surface area contributed by atoms with Crippen molar-refractivity contribution in [1.82, 2.24) is 4.98 Å². The zero-order valence-electron chi connectivity index (χ0n) is 10.9. The van der Waals surface area contributed by atoms with Gasteiger partial charge in [0.25, 0.3) is 5.97 Å². The Balaban J connectivity index is 0.00000324. The normalized spacial score (nSPS) is 9.95. The van der Waals surface area contributed by atoms with Crippen LogP contribution in [0.4, 0.5) is 0 Å². The number of rotatable bonds is 2. The Labute approximate surface area is 107 Å². The summed E-state index contributed by atoms with van der Waals surface area (Å²) in [6, 6.07) is 3.20. The van der Waals surface area contributed by atoms with Crippen LogP contribution in [-0.4, -0.2) is 18.1 Å². The van der Waals surface area contributed by atoms with Crippen molar-refractivity contribution < 1.29 is 9.53 Å². The molecular formula is C15H11NO2Rf-2. The van der Waals surface area contributed by atoms with E-state index in [-0.39, 0.29) is 5.56 Å². The number of hydrogen-bond donors (Lipinski definition) is 0. The number of carbonyl (C=O) groups excluding carboxylic acids is 1. The molecule has 0 amide bonds. The van der Waals surface area contributed by atoms with Gasteiger partial charge in [0.15, 0.2) is 0 Å². The molecule has 0 unspecified atom stereocenters. The topological polar surface area (TPSA) is 39.2 Å². The number of hydrogen-bond acceptors (Lipinski definition) is 3. The van der Waals surface area contributed by atoms with E-state index in [1.807, 2.05) is 0 Å². The maximum atomic E-state index is 11.2. The largest absolute Gasteiger partial charge is 0.509 e.